The third-order valence-electron chi connectivity index (χ3n) is 4.32. The Morgan fingerprint density at radius 1 is 1.00 bits per heavy atom. The average Bonchev–Trinajstić information content (AvgIpc) is 3.22. The second kappa shape index (κ2) is 8.94. The predicted octanol–water partition coefficient (Wildman–Crippen LogP) is 4.51. The molecule has 5 heteroatoms. The molecule has 1 atom stereocenters. The van der Waals surface area contributed by atoms with Crippen LogP contribution in [0.25, 0.3) is 0 Å². The molecule has 0 saturated heterocycles. The maximum absolute atomic E-state index is 12.6. The largest absolute Gasteiger partial charge is 0.497 e. The average molecular weight is 364 g/mol. The van der Waals surface area contributed by atoms with Crippen molar-refractivity contribution in [1.29, 1.82) is 0 Å². The fourth-order valence-electron chi connectivity index (χ4n) is 2.97. The van der Waals surface area contributed by atoms with Crippen LogP contribution in [0.4, 0.5) is 5.69 Å². The first-order valence-corrected chi connectivity index (χ1v) is 8.98. The van der Waals surface area contributed by atoms with Crippen LogP contribution in [0.15, 0.2) is 73.1 Å². The summed E-state index contributed by atoms with van der Waals surface area (Å²) in [6, 6.07) is 19.0. The molecule has 0 aliphatic heterocycles. The van der Waals surface area contributed by atoms with E-state index in [-0.39, 0.29) is 11.9 Å². The summed E-state index contributed by atoms with van der Waals surface area (Å²) in [7, 11) is 1.64. The molecule has 1 amide bonds. The first-order chi connectivity index (χ1) is 13.2. The van der Waals surface area contributed by atoms with Gasteiger partial charge in [-0.3, -0.25) is 4.79 Å². The van der Waals surface area contributed by atoms with E-state index in [2.05, 4.69) is 5.32 Å². The normalized spacial score (nSPS) is 11.6. The van der Waals surface area contributed by atoms with E-state index in [1.54, 1.807) is 7.11 Å². The second-order valence-electron chi connectivity index (χ2n) is 6.13. The minimum Gasteiger partial charge on any atom is -0.497 e. The number of nitrogens with one attached hydrogen (secondary N) is 1. The maximum Gasteiger partial charge on any atom is 0.226 e. The number of anilines is 1. The summed E-state index contributed by atoms with van der Waals surface area (Å²) in [5.41, 5.74) is 1.80. The molecule has 0 saturated carbocycles. The summed E-state index contributed by atoms with van der Waals surface area (Å²) in [5, 5.41) is 2.96. The summed E-state index contributed by atoms with van der Waals surface area (Å²) in [4.78, 5) is 12.6. The van der Waals surface area contributed by atoms with Gasteiger partial charge in [-0.2, -0.15) is 0 Å². The highest BCUT2D eigenvalue weighted by Crippen LogP contribution is 2.25. The number of ether oxygens (including phenoxy) is 2. The van der Waals surface area contributed by atoms with Crippen LogP contribution in [0.3, 0.4) is 0 Å². The molecular formula is C22H24N2O3. The second-order valence-corrected chi connectivity index (χ2v) is 6.13. The van der Waals surface area contributed by atoms with Crippen LogP contribution >= 0.6 is 0 Å². The van der Waals surface area contributed by atoms with Gasteiger partial charge in [0.05, 0.1) is 26.2 Å². The Balaban J connectivity index is 1.72. The Kier molecular flexibility index (Phi) is 6.15. The molecule has 3 rings (SSSR count). The molecule has 0 radical (unpaired) electrons. The molecule has 140 valence electrons. The molecule has 5 nitrogen and oxygen atoms in total. The van der Waals surface area contributed by atoms with Crippen molar-refractivity contribution in [2.45, 2.75) is 19.4 Å². The molecule has 0 aliphatic rings. The Hall–Kier alpha value is -3.21. The number of benzene rings is 2. The van der Waals surface area contributed by atoms with Crippen molar-refractivity contribution in [2.75, 3.05) is 19.0 Å². The van der Waals surface area contributed by atoms with Gasteiger partial charge in [0, 0.05) is 18.1 Å². The van der Waals surface area contributed by atoms with Crippen molar-refractivity contribution in [3.8, 4) is 11.5 Å². The smallest absolute Gasteiger partial charge is 0.226 e. The Morgan fingerprint density at radius 2 is 1.63 bits per heavy atom. The highest BCUT2D eigenvalue weighted by Gasteiger charge is 2.17. The van der Waals surface area contributed by atoms with Gasteiger partial charge in [0.25, 0.3) is 0 Å². The van der Waals surface area contributed by atoms with E-state index in [1.807, 2.05) is 84.5 Å². The van der Waals surface area contributed by atoms with Crippen LogP contribution in [0, 0.1) is 0 Å². The standard InChI is InChI=1S/C22H24N2O3/c1-3-27-20-12-8-18(9-13-20)23-22(25)16-21(24-14-4-5-15-24)17-6-10-19(26-2)11-7-17/h4-15,21H,3,16H2,1-2H3,(H,23,25)/t21-/m0/s1. The van der Waals surface area contributed by atoms with E-state index in [9.17, 15) is 4.79 Å². The van der Waals surface area contributed by atoms with E-state index in [0.717, 1.165) is 22.7 Å². The molecule has 0 unspecified atom stereocenters. The third kappa shape index (κ3) is 4.91. The van der Waals surface area contributed by atoms with Gasteiger partial charge in [-0.1, -0.05) is 12.1 Å². The SMILES string of the molecule is CCOc1ccc(NC(=O)C[C@@H](c2ccc(OC)cc2)n2cccc2)cc1. The molecule has 2 aromatic carbocycles. The van der Waals surface area contributed by atoms with E-state index in [1.165, 1.54) is 0 Å². The molecule has 3 aromatic rings. The highest BCUT2D eigenvalue weighted by molar-refractivity contribution is 5.91. The molecule has 0 aliphatic carbocycles. The Labute approximate surface area is 159 Å². The summed E-state index contributed by atoms with van der Waals surface area (Å²) in [6.45, 7) is 2.56. The minimum atomic E-state index is -0.0893. The van der Waals surface area contributed by atoms with Gasteiger partial charge in [0.2, 0.25) is 5.91 Å². The molecule has 1 N–H and O–H groups in total. The fourth-order valence-corrected chi connectivity index (χ4v) is 2.97. The summed E-state index contributed by atoms with van der Waals surface area (Å²) < 4.78 is 12.7. The van der Waals surface area contributed by atoms with E-state index >= 15 is 0 Å². The lowest BCUT2D eigenvalue weighted by atomic mass is 10.0. The zero-order chi connectivity index (χ0) is 19.1. The molecular weight excluding hydrogens is 340 g/mol. The number of hydrogen-bond acceptors (Lipinski definition) is 3. The monoisotopic (exact) mass is 364 g/mol. The quantitative estimate of drug-likeness (QED) is 0.640. The third-order valence-corrected chi connectivity index (χ3v) is 4.32. The minimum absolute atomic E-state index is 0.0475. The number of rotatable bonds is 8. The van der Waals surface area contributed by atoms with Crippen LogP contribution in [-0.4, -0.2) is 24.2 Å². The highest BCUT2D eigenvalue weighted by atomic mass is 16.5. The van der Waals surface area contributed by atoms with E-state index < -0.39 is 0 Å². The van der Waals surface area contributed by atoms with Crippen molar-refractivity contribution in [1.82, 2.24) is 4.57 Å². The number of carbonyl (C=O) groups is 1. The van der Waals surface area contributed by atoms with Gasteiger partial charge < -0.3 is 19.4 Å². The van der Waals surface area contributed by atoms with Gasteiger partial charge in [-0.25, -0.2) is 0 Å². The van der Waals surface area contributed by atoms with Crippen molar-refractivity contribution in [3.05, 3.63) is 78.6 Å². The Morgan fingerprint density at radius 3 is 2.22 bits per heavy atom. The van der Waals surface area contributed by atoms with Gasteiger partial charge in [-0.15, -0.1) is 0 Å². The molecule has 1 aromatic heterocycles. The molecule has 0 bridgehead atoms. The van der Waals surface area contributed by atoms with Gasteiger partial charge in [-0.05, 0) is 61.0 Å². The number of carbonyl (C=O) groups excluding carboxylic acids is 1. The predicted molar refractivity (Wildman–Crippen MR) is 106 cm³/mol. The van der Waals surface area contributed by atoms with Crippen molar-refractivity contribution < 1.29 is 14.3 Å². The number of nitrogens with zero attached hydrogens (tertiary/aromatic N) is 1. The lowest BCUT2D eigenvalue weighted by Gasteiger charge is -2.20. The van der Waals surface area contributed by atoms with Crippen LogP contribution < -0.4 is 14.8 Å². The van der Waals surface area contributed by atoms with Gasteiger partial charge in [0.15, 0.2) is 0 Å². The van der Waals surface area contributed by atoms with E-state index in [0.29, 0.717) is 13.0 Å². The van der Waals surface area contributed by atoms with Crippen molar-refractivity contribution >= 4 is 11.6 Å². The zero-order valence-electron chi connectivity index (χ0n) is 15.6. The number of aromatic nitrogens is 1. The van der Waals surface area contributed by atoms with E-state index in [4.69, 9.17) is 9.47 Å². The molecule has 27 heavy (non-hydrogen) atoms. The number of hydrogen-bond donors (Lipinski definition) is 1. The summed E-state index contributed by atoms with van der Waals surface area (Å²) >= 11 is 0. The van der Waals surface area contributed by atoms with Crippen LogP contribution in [0.1, 0.15) is 24.9 Å². The van der Waals surface area contributed by atoms with Crippen LogP contribution in [0.2, 0.25) is 0 Å². The Bertz CT molecular complexity index is 840. The topological polar surface area (TPSA) is 52.5 Å². The first kappa shape index (κ1) is 18.6. The van der Waals surface area contributed by atoms with Crippen molar-refractivity contribution in [2.24, 2.45) is 0 Å². The number of amides is 1. The van der Waals surface area contributed by atoms with Crippen LogP contribution in [-0.2, 0) is 4.79 Å². The van der Waals surface area contributed by atoms with Gasteiger partial charge in [0.1, 0.15) is 11.5 Å². The lowest BCUT2D eigenvalue weighted by Crippen LogP contribution is -2.19. The van der Waals surface area contributed by atoms with Gasteiger partial charge >= 0.3 is 0 Å². The maximum atomic E-state index is 12.6. The first-order valence-electron chi connectivity index (χ1n) is 8.98. The van der Waals surface area contributed by atoms with Crippen LogP contribution in [0.5, 0.6) is 11.5 Å². The fraction of sp³-hybridized carbons (Fsp3) is 0.227. The summed E-state index contributed by atoms with van der Waals surface area (Å²) in [6.07, 6.45) is 4.27. The molecule has 1 heterocycles. The summed E-state index contributed by atoms with van der Waals surface area (Å²) in [5.74, 6) is 1.54. The molecule has 0 spiro atoms. The zero-order valence-corrected chi connectivity index (χ0v) is 15.6. The lowest BCUT2D eigenvalue weighted by molar-refractivity contribution is -0.116. The number of methoxy groups -OCH3 is 1. The molecule has 0 fully saturated rings. The van der Waals surface area contributed by atoms with Crippen molar-refractivity contribution in [3.63, 3.8) is 0 Å².